The van der Waals surface area contributed by atoms with Gasteiger partial charge >= 0.3 is 6.18 Å². The van der Waals surface area contributed by atoms with Crippen LogP contribution >= 0.6 is 0 Å². The lowest BCUT2D eigenvalue weighted by atomic mass is 9.47. The van der Waals surface area contributed by atoms with Crippen molar-refractivity contribution in [1.29, 1.82) is 0 Å². The van der Waals surface area contributed by atoms with Crippen LogP contribution in [0.15, 0.2) is 36.4 Å². The van der Waals surface area contributed by atoms with E-state index < -0.39 is 17.6 Å². The Balaban J connectivity index is 1.28. The maximum absolute atomic E-state index is 13.1. The topological polar surface area (TPSA) is 49.4 Å². The molecular formula is C28H35F3N2O2. The molecule has 1 aromatic rings. The standard InChI is InChI=1S/C28H35F3N2O2/c1-26-13-11-22-20(8-10-23-27(22,2)14-12-24(34)33(23)3)21(26)9-7-19(26)16-32-25(35)17-5-4-6-18(15-17)28(29,30)31/h4-6,12,14-15,19-23H,7-11,13,16H2,1-3H3,(H,32,35)/t19-,20+,21+,22+,23-,26-,27-/m1/s1. The van der Waals surface area contributed by atoms with Crippen molar-refractivity contribution >= 4 is 11.8 Å². The van der Waals surface area contributed by atoms with E-state index in [1.807, 2.05) is 11.9 Å². The van der Waals surface area contributed by atoms with Crippen molar-refractivity contribution in [2.45, 2.75) is 64.6 Å². The zero-order valence-corrected chi connectivity index (χ0v) is 20.7. The van der Waals surface area contributed by atoms with Gasteiger partial charge in [0.15, 0.2) is 0 Å². The van der Waals surface area contributed by atoms with Crippen molar-refractivity contribution in [3.05, 3.63) is 47.5 Å². The van der Waals surface area contributed by atoms with Crippen LogP contribution in [0, 0.1) is 34.5 Å². The Labute approximate surface area is 205 Å². The van der Waals surface area contributed by atoms with Gasteiger partial charge in [-0.3, -0.25) is 9.59 Å². The van der Waals surface area contributed by atoms with Crippen LogP contribution in [0.1, 0.15) is 68.3 Å². The molecule has 3 saturated carbocycles. The SMILES string of the molecule is CN1C(=O)C=C[C@]2(C)[C@H]3CC[C@]4(C)[C@@H](CNC(=O)c5cccc(C(F)(F)F)c5)CC[C@H]4[C@@H]3CC[C@@H]12. The number of nitrogens with one attached hydrogen (secondary N) is 1. The van der Waals surface area contributed by atoms with Crippen molar-refractivity contribution < 1.29 is 22.8 Å². The predicted octanol–water partition coefficient (Wildman–Crippen LogP) is 5.69. The number of benzene rings is 1. The molecule has 0 aromatic heterocycles. The number of alkyl halides is 3. The second kappa shape index (κ2) is 8.38. The van der Waals surface area contributed by atoms with E-state index in [1.54, 1.807) is 6.08 Å². The Morgan fingerprint density at radius 3 is 2.63 bits per heavy atom. The fourth-order valence-electron chi connectivity index (χ4n) is 8.34. The maximum atomic E-state index is 13.1. The summed E-state index contributed by atoms with van der Waals surface area (Å²) < 4.78 is 39.2. The van der Waals surface area contributed by atoms with Gasteiger partial charge in [-0.25, -0.2) is 0 Å². The quantitative estimate of drug-likeness (QED) is 0.594. The monoisotopic (exact) mass is 488 g/mol. The molecule has 190 valence electrons. The largest absolute Gasteiger partial charge is 0.416 e. The highest BCUT2D eigenvalue weighted by Gasteiger charge is 2.60. The third-order valence-electron chi connectivity index (χ3n) is 10.3. The summed E-state index contributed by atoms with van der Waals surface area (Å²) in [7, 11) is 1.93. The lowest BCUT2D eigenvalue weighted by Crippen LogP contribution is -2.59. The third kappa shape index (κ3) is 3.89. The lowest BCUT2D eigenvalue weighted by Gasteiger charge is -2.60. The van der Waals surface area contributed by atoms with Gasteiger partial charge in [0.05, 0.1) is 5.56 Å². The van der Waals surface area contributed by atoms with Crippen LogP contribution in [0.4, 0.5) is 13.2 Å². The zero-order valence-electron chi connectivity index (χ0n) is 20.7. The van der Waals surface area contributed by atoms with Crippen LogP contribution in [-0.4, -0.2) is 36.3 Å². The maximum Gasteiger partial charge on any atom is 0.416 e. The molecule has 7 atom stereocenters. The summed E-state index contributed by atoms with van der Waals surface area (Å²) in [6.07, 6.45) is 5.96. The molecule has 0 spiro atoms. The molecule has 0 unspecified atom stereocenters. The molecule has 0 saturated heterocycles. The van der Waals surface area contributed by atoms with E-state index in [4.69, 9.17) is 0 Å². The van der Waals surface area contributed by atoms with Crippen LogP contribution < -0.4 is 5.32 Å². The highest BCUT2D eigenvalue weighted by Crippen LogP contribution is 2.65. The fraction of sp³-hybridized carbons (Fsp3) is 0.643. The molecule has 3 fully saturated rings. The molecule has 1 aromatic carbocycles. The minimum Gasteiger partial charge on any atom is -0.352 e. The highest BCUT2D eigenvalue weighted by atomic mass is 19.4. The zero-order chi connectivity index (χ0) is 25.2. The number of likely N-dealkylation sites (N-methyl/N-ethyl adjacent to an activating group) is 1. The van der Waals surface area contributed by atoms with E-state index in [0.29, 0.717) is 30.2 Å². The van der Waals surface area contributed by atoms with E-state index in [1.165, 1.54) is 12.1 Å². The van der Waals surface area contributed by atoms with Gasteiger partial charge in [-0.1, -0.05) is 26.0 Å². The summed E-state index contributed by atoms with van der Waals surface area (Å²) in [6, 6.07) is 4.90. The first kappa shape index (κ1) is 24.4. The van der Waals surface area contributed by atoms with E-state index >= 15 is 0 Å². The van der Waals surface area contributed by atoms with E-state index in [-0.39, 0.29) is 28.3 Å². The third-order valence-corrected chi connectivity index (χ3v) is 10.3. The molecule has 3 aliphatic carbocycles. The first-order chi connectivity index (χ1) is 16.4. The number of amides is 2. The van der Waals surface area contributed by atoms with Crippen LogP contribution in [0.2, 0.25) is 0 Å². The van der Waals surface area contributed by atoms with Gasteiger partial charge in [0.1, 0.15) is 0 Å². The average Bonchev–Trinajstić information content (AvgIpc) is 3.16. The van der Waals surface area contributed by atoms with Crippen LogP contribution in [0.5, 0.6) is 0 Å². The summed E-state index contributed by atoms with van der Waals surface area (Å²) >= 11 is 0. The molecular weight excluding hydrogens is 453 g/mol. The second-order valence-electron chi connectivity index (χ2n) is 11.7. The van der Waals surface area contributed by atoms with Crippen molar-refractivity contribution in [1.82, 2.24) is 10.2 Å². The Morgan fingerprint density at radius 1 is 1.11 bits per heavy atom. The van der Waals surface area contributed by atoms with Gasteiger partial charge in [-0.2, -0.15) is 13.2 Å². The first-order valence-corrected chi connectivity index (χ1v) is 12.9. The summed E-state index contributed by atoms with van der Waals surface area (Å²) in [4.78, 5) is 26.9. The van der Waals surface area contributed by atoms with E-state index in [2.05, 4.69) is 25.2 Å². The molecule has 1 N–H and O–H groups in total. The molecule has 35 heavy (non-hydrogen) atoms. The van der Waals surface area contributed by atoms with Gasteiger partial charge in [0, 0.05) is 30.6 Å². The average molecular weight is 489 g/mol. The number of fused-ring (bicyclic) bond motifs is 5. The molecule has 4 aliphatic rings. The molecule has 1 heterocycles. The van der Waals surface area contributed by atoms with Crippen molar-refractivity contribution in [3.8, 4) is 0 Å². The van der Waals surface area contributed by atoms with E-state index in [0.717, 1.165) is 50.7 Å². The Hall–Kier alpha value is -2.31. The van der Waals surface area contributed by atoms with Gasteiger partial charge < -0.3 is 10.2 Å². The van der Waals surface area contributed by atoms with Crippen LogP contribution in [0.3, 0.4) is 0 Å². The minimum atomic E-state index is -4.47. The summed E-state index contributed by atoms with van der Waals surface area (Å²) in [5.41, 5.74) is -0.629. The molecule has 0 radical (unpaired) electrons. The molecule has 1 aliphatic heterocycles. The van der Waals surface area contributed by atoms with Gasteiger partial charge in [-0.15, -0.1) is 0 Å². The van der Waals surface area contributed by atoms with E-state index in [9.17, 15) is 22.8 Å². The van der Waals surface area contributed by atoms with Gasteiger partial charge in [0.2, 0.25) is 5.91 Å². The second-order valence-corrected chi connectivity index (χ2v) is 11.7. The lowest BCUT2D eigenvalue weighted by molar-refractivity contribution is -0.139. The number of hydrogen-bond donors (Lipinski definition) is 1. The number of rotatable bonds is 3. The molecule has 7 heteroatoms. The fourth-order valence-corrected chi connectivity index (χ4v) is 8.34. The van der Waals surface area contributed by atoms with Crippen LogP contribution in [-0.2, 0) is 11.0 Å². The number of halogens is 3. The smallest absolute Gasteiger partial charge is 0.352 e. The summed E-state index contributed by atoms with van der Waals surface area (Å²) in [5.74, 6) is 1.70. The van der Waals surface area contributed by atoms with Gasteiger partial charge in [-0.05, 0) is 91.9 Å². The number of nitrogens with zero attached hydrogens (tertiary/aromatic N) is 1. The molecule has 0 bridgehead atoms. The van der Waals surface area contributed by atoms with Crippen molar-refractivity contribution in [3.63, 3.8) is 0 Å². The van der Waals surface area contributed by atoms with Crippen molar-refractivity contribution in [2.24, 2.45) is 34.5 Å². The Morgan fingerprint density at radius 2 is 1.89 bits per heavy atom. The van der Waals surface area contributed by atoms with Crippen LogP contribution in [0.25, 0.3) is 0 Å². The Bertz CT molecular complexity index is 1050. The highest BCUT2D eigenvalue weighted by molar-refractivity contribution is 5.94. The minimum absolute atomic E-state index is 0.00269. The number of carbonyl (C=O) groups is 2. The normalized spacial score (nSPS) is 38.5. The molecule has 2 amide bonds. The van der Waals surface area contributed by atoms with Crippen molar-refractivity contribution in [2.75, 3.05) is 13.6 Å². The summed E-state index contributed by atoms with van der Waals surface area (Å²) in [6.45, 7) is 5.19. The summed E-state index contributed by atoms with van der Waals surface area (Å²) in [5, 5.41) is 2.95. The number of hydrogen-bond acceptors (Lipinski definition) is 2. The number of carbonyl (C=O) groups excluding carboxylic acids is 2. The first-order valence-electron chi connectivity index (χ1n) is 12.9. The molecule has 4 nitrogen and oxygen atoms in total. The Kier molecular flexibility index (Phi) is 5.84. The predicted molar refractivity (Wildman–Crippen MR) is 127 cm³/mol. The molecule has 5 rings (SSSR count). The van der Waals surface area contributed by atoms with Gasteiger partial charge in [0.25, 0.3) is 5.91 Å².